The molecule has 36 heavy (non-hydrogen) atoms. The molecular weight excluding hydrogens is 526 g/mol. The van der Waals surface area contributed by atoms with Gasteiger partial charge in [0.05, 0.1) is 5.41 Å². The molecule has 1 fully saturated rings. The predicted molar refractivity (Wildman–Crippen MR) is 139 cm³/mol. The maximum Gasteiger partial charge on any atom is 0.314 e. The van der Waals surface area contributed by atoms with Crippen molar-refractivity contribution >= 4 is 69.0 Å². The Morgan fingerprint density at radius 1 is 1.42 bits per heavy atom. The number of oxime groups is 1. The van der Waals surface area contributed by atoms with Gasteiger partial charge in [0.25, 0.3) is 11.8 Å². The molecule has 4 N–H and O–H groups in total. The fourth-order valence-electron chi connectivity index (χ4n) is 3.24. The normalized spacial score (nSPS) is 19.5. The van der Waals surface area contributed by atoms with Crippen molar-refractivity contribution in [3.63, 3.8) is 0 Å². The topological polar surface area (TPSA) is 156 Å². The second kappa shape index (κ2) is 11.3. The van der Waals surface area contributed by atoms with Crippen molar-refractivity contribution in [2.24, 2.45) is 10.6 Å². The Balaban J connectivity index is 1.74. The van der Waals surface area contributed by atoms with Crippen molar-refractivity contribution in [3.05, 3.63) is 22.3 Å². The molecule has 0 aromatic carbocycles. The minimum absolute atomic E-state index is 0.0106. The van der Waals surface area contributed by atoms with Gasteiger partial charge in [0.15, 0.2) is 10.8 Å². The molecular formula is C22H25N5O6S3. The predicted octanol–water partition coefficient (Wildman–Crippen LogP) is 1.86. The van der Waals surface area contributed by atoms with Gasteiger partial charge in [-0.15, -0.1) is 29.0 Å². The second-order valence-electron chi connectivity index (χ2n) is 8.67. The standard InChI is InChI=1S/C22H25N5O6S3/c1-5-6-7-11-8-35-18-14(25-16(28)13(26-31)12-9-36-21(23)24-12)17(29)27(18)15(11)19(34)32-10-33-20(30)22(2,3)4/h9,14,18,31H,7-8,10H2,1-4H3,(H2,23,24)(H,25,28)/b26-13-/t14-,18-/m1/s1. The number of ether oxygens (including phenoxy) is 2. The summed E-state index contributed by atoms with van der Waals surface area (Å²) in [7, 11) is 0. The van der Waals surface area contributed by atoms with Crippen molar-refractivity contribution in [1.29, 1.82) is 0 Å². The number of thioether (sulfide) groups is 1. The number of β-lactam (4-membered cyclic amide) rings is 1. The monoisotopic (exact) mass is 551 g/mol. The van der Waals surface area contributed by atoms with E-state index in [9.17, 15) is 19.6 Å². The summed E-state index contributed by atoms with van der Waals surface area (Å²) >= 11 is 7.94. The number of aromatic nitrogens is 1. The molecule has 2 aliphatic rings. The lowest BCUT2D eigenvalue weighted by atomic mass is 9.98. The van der Waals surface area contributed by atoms with Crippen LogP contribution in [0.15, 0.2) is 21.8 Å². The van der Waals surface area contributed by atoms with Gasteiger partial charge in [0, 0.05) is 17.6 Å². The van der Waals surface area contributed by atoms with Gasteiger partial charge in [-0.1, -0.05) is 11.1 Å². The number of rotatable bonds is 7. The minimum atomic E-state index is -0.898. The van der Waals surface area contributed by atoms with Crippen molar-refractivity contribution in [3.8, 4) is 11.8 Å². The summed E-state index contributed by atoms with van der Waals surface area (Å²) in [5.74, 6) is 4.61. The van der Waals surface area contributed by atoms with Crippen molar-refractivity contribution in [2.45, 2.75) is 45.5 Å². The van der Waals surface area contributed by atoms with E-state index in [-0.39, 0.29) is 21.6 Å². The lowest BCUT2D eigenvalue weighted by Crippen LogP contribution is -2.71. The number of hydrogen-bond acceptors (Lipinski definition) is 12. The third-order valence-electron chi connectivity index (χ3n) is 5.08. The summed E-state index contributed by atoms with van der Waals surface area (Å²) in [5.41, 5.74) is 5.78. The number of nitrogens with one attached hydrogen (secondary N) is 1. The van der Waals surface area contributed by atoms with E-state index in [4.69, 9.17) is 27.4 Å². The van der Waals surface area contributed by atoms with Crippen LogP contribution in [0.25, 0.3) is 0 Å². The molecule has 3 heterocycles. The molecule has 0 bridgehead atoms. The Labute approximate surface area is 221 Å². The number of nitrogen functional groups attached to an aromatic ring is 1. The van der Waals surface area contributed by atoms with E-state index in [0.717, 1.165) is 16.9 Å². The molecule has 0 radical (unpaired) electrons. The Morgan fingerprint density at radius 3 is 2.72 bits per heavy atom. The summed E-state index contributed by atoms with van der Waals surface area (Å²) in [6, 6.07) is -0.898. The molecule has 1 aromatic rings. The zero-order chi connectivity index (χ0) is 26.6. The number of thiazole rings is 1. The number of esters is 1. The quantitative estimate of drug-likeness (QED) is 0.0668. The number of nitrogens with two attached hydrogens (primary N) is 1. The van der Waals surface area contributed by atoms with E-state index in [0.29, 0.717) is 17.9 Å². The van der Waals surface area contributed by atoms with E-state index in [1.807, 2.05) is 0 Å². The third kappa shape index (κ3) is 5.80. The van der Waals surface area contributed by atoms with Gasteiger partial charge in [-0.3, -0.25) is 19.3 Å². The number of amides is 2. The zero-order valence-corrected chi connectivity index (χ0v) is 22.4. The molecule has 2 aliphatic heterocycles. The smallest absolute Gasteiger partial charge is 0.314 e. The average Bonchev–Trinajstić information content (AvgIpc) is 3.25. The highest BCUT2D eigenvalue weighted by molar-refractivity contribution is 8.00. The van der Waals surface area contributed by atoms with Gasteiger partial charge in [0.1, 0.15) is 22.8 Å². The summed E-state index contributed by atoms with van der Waals surface area (Å²) in [5, 5.41) is 16.1. The third-order valence-corrected chi connectivity index (χ3v) is 7.40. The minimum Gasteiger partial charge on any atom is -0.445 e. The summed E-state index contributed by atoms with van der Waals surface area (Å²) in [4.78, 5) is 43.2. The van der Waals surface area contributed by atoms with E-state index < -0.39 is 41.4 Å². The number of thiocarbonyl (C=S) groups is 1. The average molecular weight is 552 g/mol. The molecule has 2 amide bonds. The van der Waals surface area contributed by atoms with Crippen molar-refractivity contribution in [2.75, 3.05) is 18.3 Å². The maximum atomic E-state index is 13.1. The van der Waals surface area contributed by atoms with Crippen LogP contribution in [0.1, 0.15) is 39.8 Å². The number of carbonyl (C=O) groups excluding carboxylic acids is 3. The number of carbonyl (C=O) groups is 3. The Morgan fingerprint density at radius 2 is 2.14 bits per heavy atom. The number of fused-ring (bicyclic) bond motifs is 1. The van der Waals surface area contributed by atoms with Crippen molar-refractivity contribution in [1.82, 2.24) is 15.2 Å². The Kier molecular flexibility index (Phi) is 8.59. The van der Waals surface area contributed by atoms with Crippen LogP contribution in [0, 0.1) is 17.3 Å². The first-order valence-corrected chi connectivity index (χ1v) is 13.0. The molecule has 2 atom stereocenters. The largest absolute Gasteiger partial charge is 0.445 e. The summed E-state index contributed by atoms with van der Waals surface area (Å²) < 4.78 is 10.6. The van der Waals surface area contributed by atoms with Crippen LogP contribution in [-0.4, -0.2) is 67.6 Å². The van der Waals surface area contributed by atoms with Crippen LogP contribution in [0.5, 0.6) is 0 Å². The van der Waals surface area contributed by atoms with E-state index in [1.165, 1.54) is 22.0 Å². The molecule has 0 unspecified atom stereocenters. The van der Waals surface area contributed by atoms with Gasteiger partial charge in [-0.05, 0) is 45.5 Å². The summed E-state index contributed by atoms with van der Waals surface area (Å²) in [6.07, 6.45) is 0.365. The van der Waals surface area contributed by atoms with Gasteiger partial charge in [-0.25, -0.2) is 4.98 Å². The Hall–Kier alpha value is -3.15. The van der Waals surface area contributed by atoms with Crippen LogP contribution in [0.3, 0.4) is 0 Å². The van der Waals surface area contributed by atoms with Gasteiger partial charge < -0.3 is 25.7 Å². The lowest BCUT2D eigenvalue weighted by molar-refractivity contribution is -0.160. The molecule has 1 aromatic heterocycles. The van der Waals surface area contributed by atoms with Crippen molar-refractivity contribution < 1.29 is 29.1 Å². The molecule has 0 saturated carbocycles. The van der Waals surface area contributed by atoms with E-state index in [1.54, 1.807) is 27.7 Å². The molecule has 1 saturated heterocycles. The maximum absolute atomic E-state index is 13.1. The van der Waals surface area contributed by atoms with Gasteiger partial charge >= 0.3 is 5.97 Å². The summed E-state index contributed by atoms with van der Waals surface area (Å²) in [6.45, 7) is 6.44. The van der Waals surface area contributed by atoms with Crippen LogP contribution >= 0.6 is 35.3 Å². The highest BCUT2D eigenvalue weighted by atomic mass is 32.2. The first kappa shape index (κ1) is 27.4. The number of nitrogens with zero attached hydrogens (tertiary/aromatic N) is 3. The highest BCUT2D eigenvalue weighted by Gasteiger charge is 2.54. The second-order valence-corrected chi connectivity index (χ2v) is 11.0. The van der Waals surface area contributed by atoms with Gasteiger partial charge in [0.2, 0.25) is 11.8 Å². The number of anilines is 1. The van der Waals surface area contributed by atoms with Crippen LogP contribution in [0.4, 0.5) is 5.13 Å². The molecule has 3 rings (SSSR count). The molecule has 192 valence electrons. The fourth-order valence-corrected chi connectivity index (χ4v) is 5.43. The SMILES string of the molecule is CC#CCC1=C(C(=S)OCOC(=O)C(C)(C)C)N2C(=O)[C@@H](NC(=O)/C(=N\O)c3csc(N)n3)[C@H]2SC1. The van der Waals surface area contributed by atoms with Gasteiger partial charge in [-0.2, -0.15) is 0 Å². The zero-order valence-electron chi connectivity index (χ0n) is 20.0. The molecule has 14 heteroatoms. The van der Waals surface area contributed by atoms with E-state index >= 15 is 0 Å². The molecule has 0 spiro atoms. The lowest BCUT2D eigenvalue weighted by Gasteiger charge is -2.50. The molecule has 11 nitrogen and oxygen atoms in total. The van der Waals surface area contributed by atoms with Crippen LogP contribution in [-0.2, 0) is 23.9 Å². The van der Waals surface area contributed by atoms with E-state index in [2.05, 4.69) is 27.3 Å². The van der Waals surface area contributed by atoms with Crippen LogP contribution < -0.4 is 11.1 Å². The van der Waals surface area contributed by atoms with Crippen LogP contribution in [0.2, 0.25) is 0 Å². The fraction of sp³-hybridized carbons (Fsp3) is 0.455. The number of hydrogen-bond donors (Lipinski definition) is 3. The highest BCUT2D eigenvalue weighted by Crippen LogP contribution is 2.41. The molecule has 0 aliphatic carbocycles. The first-order chi connectivity index (χ1) is 17.0. The first-order valence-electron chi connectivity index (χ1n) is 10.6. The Bertz CT molecular complexity index is 1210.